The summed E-state index contributed by atoms with van der Waals surface area (Å²) in [5, 5.41) is 8.60. The summed E-state index contributed by atoms with van der Waals surface area (Å²) >= 11 is 0. The van der Waals surface area contributed by atoms with Crippen LogP contribution >= 0.6 is 0 Å². The molecule has 0 rings (SSSR count). The van der Waals surface area contributed by atoms with Crippen molar-refractivity contribution in [3.63, 3.8) is 0 Å². The van der Waals surface area contributed by atoms with E-state index in [1.54, 1.807) is 0 Å². The molecule has 0 spiro atoms. The number of esters is 1. The molecule has 0 radical (unpaired) electrons. The highest BCUT2D eigenvalue weighted by Crippen LogP contribution is 2.10. The average molecular weight is 341 g/mol. The molecule has 0 aliphatic rings. The molecule has 0 aromatic rings. The standard InChI is InChI=1S/C21H40O3/c1-2-3-4-5-6-7-8-9-10-11-12-13-14-15-16-18-21(23)24-20-17-19-22/h9-10,22H,2-8,11-20H2,1H3. The van der Waals surface area contributed by atoms with Gasteiger partial charge in [-0.2, -0.15) is 0 Å². The van der Waals surface area contributed by atoms with Gasteiger partial charge in [0.1, 0.15) is 0 Å². The van der Waals surface area contributed by atoms with Gasteiger partial charge in [-0.1, -0.05) is 70.4 Å². The largest absolute Gasteiger partial charge is 0.466 e. The van der Waals surface area contributed by atoms with Crippen molar-refractivity contribution in [1.29, 1.82) is 0 Å². The van der Waals surface area contributed by atoms with Gasteiger partial charge in [0.15, 0.2) is 0 Å². The van der Waals surface area contributed by atoms with Gasteiger partial charge in [-0.3, -0.25) is 4.79 Å². The van der Waals surface area contributed by atoms with Crippen LogP contribution in [0.2, 0.25) is 0 Å². The number of ether oxygens (including phenoxy) is 1. The molecule has 0 aromatic carbocycles. The van der Waals surface area contributed by atoms with Gasteiger partial charge in [0.05, 0.1) is 6.61 Å². The van der Waals surface area contributed by atoms with Gasteiger partial charge in [0.25, 0.3) is 0 Å². The normalized spacial score (nSPS) is 11.2. The predicted octanol–water partition coefficient (Wildman–Crippen LogP) is 5.95. The molecule has 0 aliphatic carbocycles. The SMILES string of the molecule is CCCCCCCCC=CCCCCCCCC(=O)OCCCO. The molecule has 0 unspecified atom stereocenters. The van der Waals surface area contributed by atoms with Crippen LogP contribution in [0.3, 0.4) is 0 Å². The molecule has 0 amide bonds. The third-order valence-electron chi connectivity index (χ3n) is 4.21. The Kier molecular flexibility index (Phi) is 19.5. The number of rotatable bonds is 18. The minimum absolute atomic E-state index is 0.0840. The molecule has 0 bridgehead atoms. The van der Waals surface area contributed by atoms with Crippen molar-refractivity contribution < 1.29 is 14.6 Å². The van der Waals surface area contributed by atoms with Gasteiger partial charge >= 0.3 is 5.97 Å². The third kappa shape index (κ3) is 19.2. The number of aliphatic hydroxyl groups excluding tert-OH is 1. The molecule has 0 saturated heterocycles. The zero-order chi connectivity index (χ0) is 17.7. The number of carbonyl (C=O) groups excluding carboxylic acids is 1. The molecule has 0 aliphatic heterocycles. The summed E-state index contributed by atoms with van der Waals surface area (Å²) in [5.41, 5.74) is 0. The topological polar surface area (TPSA) is 46.5 Å². The van der Waals surface area contributed by atoms with E-state index in [9.17, 15) is 4.79 Å². The number of unbranched alkanes of at least 4 members (excludes halogenated alkanes) is 11. The summed E-state index contributed by atoms with van der Waals surface area (Å²) < 4.78 is 4.99. The summed E-state index contributed by atoms with van der Waals surface area (Å²) in [4.78, 5) is 11.3. The minimum atomic E-state index is -0.124. The fraction of sp³-hybridized carbons (Fsp3) is 0.857. The van der Waals surface area contributed by atoms with E-state index in [0.717, 1.165) is 12.8 Å². The van der Waals surface area contributed by atoms with Crippen molar-refractivity contribution in [2.24, 2.45) is 0 Å². The van der Waals surface area contributed by atoms with Gasteiger partial charge in [0.2, 0.25) is 0 Å². The van der Waals surface area contributed by atoms with Gasteiger partial charge < -0.3 is 9.84 Å². The second-order valence-corrected chi connectivity index (χ2v) is 6.63. The van der Waals surface area contributed by atoms with Crippen molar-refractivity contribution in [3.8, 4) is 0 Å². The molecule has 1 N–H and O–H groups in total. The monoisotopic (exact) mass is 340 g/mol. The van der Waals surface area contributed by atoms with E-state index >= 15 is 0 Å². The molecule has 24 heavy (non-hydrogen) atoms. The molecule has 3 nitrogen and oxygen atoms in total. The van der Waals surface area contributed by atoms with E-state index in [0.29, 0.717) is 19.4 Å². The Bertz CT molecular complexity index is 287. The molecule has 3 heteroatoms. The van der Waals surface area contributed by atoms with Gasteiger partial charge in [-0.05, 0) is 32.1 Å². The molecule has 0 atom stereocenters. The Labute approximate surface area is 149 Å². The molecule has 142 valence electrons. The van der Waals surface area contributed by atoms with Crippen LogP contribution in [-0.2, 0) is 9.53 Å². The van der Waals surface area contributed by atoms with Gasteiger partial charge in [-0.25, -0.2) is 0 Å². The lowest BCUT2D eigenvalue weighted by Gasteiger charge is -2.03. The molecule has 0 heterocycles. The lowest BCUT2D eigenvalue weighted by atomic mass is 10.1. The lowest BCUT2D eigenvalue weighted by Crippen LogP contribution is -2.06. The summed E-state index contributed by atoms with van der Waals surface area (Å²) in [6.45, 7) is 2.69. The first kappa shape index (κ1) is 23.2. The number of allylic oxidation sites excluding steroid dienone is 2. The predicted molar refractivity (Wildman–Crippen MR) is 102 cm³/mol. The Morgan fingerprint density at radius 2 is 1.33 bits per heavy atom. The highest BCUT2D eigenvalue weighted by molar-refractivity contribution is 5.69. The first-order valence-corrected chi connectivity index (χ1v) is 10.2. The number of aliphatic hydroxyl groups is 1. The number of carbonyl (C=O) groups is 1. The first-order chi connectivity index (χ1) is 11.8. The van der Waals surface area contributed by atoms with E-state index < -0.39 is 0 Å². The second kappa shape index (κ2) is 20.2. The first-order valence-electron chi connectivity index (χ1n) is 10.2. The molecule has 0 fully saturated rings. The Morgan fingerprint density at radius 3 is 1.92 bits per heavy atom. The molecular formula is C21H40O3. The maximum atomic E-state index is 11.3. The second-order valence-electron chi connectivity index (χ2n) is 6.63. The van der Waals surface area contributed by atoms with Crippen molar-refractivity contribution in [2.45, 2.75) is 103 Å². The average Bonchev–Trinajstić information content (AvgIpc) is 2.58. The fourth-order valence-corrected chi connectivity index (χ4v) is 2.66. The van der Waals surface area contributed by atoms with E-state index in [1.165, 1.54) is 70.6 Å². The van der Waals surface area contributed by atoms with Crippen LogP contribution in [0.25, 0.3) is 0 Å². The Morgan fingerprint density at radius 1 is 0.792 bits per heavy atom. The van der Waals surface area contributed by atoms with Gasteiger partial charge in [-0.15, -0.1) is 0 Å². The summed E-state index contributed by atoms with van der Waals surface area (Å²) in [5.74, 6) is -0.124. The van der Waals surface area contributed by atoms with E-state index in [4.69, 9.17) is 9.84 Å². The van der Waals surface area contributed by atoms with E-state index in [2.05, 4.69) is 19.1 Å². The summed E-state index contributed by atoms with van der Waals surface area (Å²) in [6, 6.07) is 0. The van der Waals surface area contributed by atoms with E-state index in [-0.39, 0.29) is 12.6 Å². The lowest BCUT2D eigenvalue weighted by molar-refractivity contribution is -0.144. The zero-order valence-electron chi connectivity index (χ0n) is 15.9. The van der Waals surface area contributed by atoms with Crippen molar-refractivity contribution >= 4 is 5.97 Å². The zero-order valence-corrected chi connectivity index (χ0v) is 15.9. The van der Waals surface area contributed by atoms with Crippen LogP contribution in [-0.4, -0.2) is 24.3 Å². The van der Waals surface area contributed by atoms with Crippen molar-refractivity contribution in [1.82, 2.24) is 0 Å². The van der Waals surface area contributed by atoms with Crippen LogP contribution in [0.4, 0.5) is 0 Å². The van der Waals surface area contributed by atoms with Crippen molar-refractivity contribution in [2.75, 3.05) is 13.2 Å². The van der Waals surface area contributed by atoms with Crippen molar-refractivity contribution in [3.05, 3.63) is 12.2 Å². The number of hydrogen-bond acceptors (Lipinski definition) is 3. The summed E-state index contributed by atoms with van der Waals surface area (Å²) in [6.07, 6.45) is 22.2. The molecular weight excluding hydrogens is 300 g/mol. The molecule has 0 saturated carbocycles. The maximum Gasteiger partial charge on any atom is 0.305 e. The Balaban J connectivity index is 3.16. The van der Waals surface area contributed by atoms with Crippen LogP contribution < -0.4 is 0 Å². The quantitative estimate of drug-likeness (QED) is 0.190. The fourth-order valence-electron chi connectivity index (χ4n) is 2.66. The highest BCUT2D eigenvalue weighted by atomic mass is 16.5. The smallest absolute Gasteiger partial charge is 0.305 e. The third-order valence-corrected chi connectivity index (χ3v) is 4.21. The van der Waals surface area contributed by atoms with E-state index in [1.807, 2.05) is 0 Å². The Hall–Kier alpha value is -0.830. The summed E-state index contributed by atoms with van der Waals surface area (Å²) in [7, 11) is 0. The van der Waals surface area contributed by atoms with Gasteiger partial charge in [0, 0.05) is 19.4 Å². The van der Waals surface area contributed by atoms with Crippen LogP contribution in [0.15, 0.2) is 12.2 Å². The molecule has 0 aromatic heterocycles. The van der Waals surface area contributed by atoms with Crippen LogP contribution in [0.1, 0.15) is 103 Å². The van der Waals surface area contributed by atoms with Crippen LogP contribution in [0.5, 0.6) is 0 Å². The maximum absolute atomic E-state index is 11.3. The minimum Gasteiger partial charge on any atom is -0.466 e. The number of hydrogen-bond donors (Lipinski definition) is 1. The van der Waals surface area contributed by atoms with Crippen LogP contribution in [0, 0.1) is 0 Å². The highest BCUT2D eigenvalue weighted by Gasteiger charge is 2.01.